The number of nitrogens with two attached hydrogens (primary N) is 1. The molecule has 0 saturated heterocycles. The van der Waals surface area contributed by atoms with E-state index in [1.54, 1.807) is 17.2 Å². The average Bonchev–Trinajstić information content (AvgIpc) is 3.59. The zero-order chi connectivity index (χ0) is 43.3. The molecule has 4 fully saturated rings. The number of alkyl halides is 1. The molecule has 7 rings (SSSR count). The average molecular weight is 786 g/mol. The molecule has 0 radical (unpaired) electrons. The van der Waals surface area contributed by atoms with Crippen molar-refractivity contribution in [3.8, 4) is 0 Å². The lowest BCUT2D eigenvalue weighted by Gasteiger charge is -2.72. The van der Waals surface area contributed by atoms with Gasteiger partial charge in [0.05, 0.1) is 6.67 Å². The monoisotopic (exact) mass is 786 g/mol. The van der Waals surface area contributed by atoms with Crippen LogP contribution in [0.2, 0.25) is 0 Å². The van der Waals surface area contributed by atoms with Gasteiger partial charge in [0, 0.05) is 5.54 Å². The van der Waals surface area contributed by atoms with Crippen molar-refractivity contribution in [1.29, 1.82) is 0 Å². The zero-order valence-electron chi connectivity index (χ0n) is 39.9. The molecular weight excluding hydrogens is 694 g/mol. The van der Waals surface area contributed by atoms with E-state index in [4.69, 9.17) is 5.73 Å². The highest BCUT2D eigenvalue weighted by Crippen LogP contribution is 2.76. The summed E-state index contributed by atoms with van der Waals surface area (Å²) < 4.78 is 13.6. The second kappa shape index (κ2) is 21.9. The van der Waals surface area contributed by atoms with Crippen molar-refractivity contribution in [3.63, 3.8) is 0 Å². The highest BCUT2D eigenvalue weighted by Gasteiger charge is 2.69. The van der Waals surface area contributed by atoms with Gasteiger partial charge in [-0.3, -0.25) is 4.39 Å². The molecule has 2 heteroatoms. The smallest absolute Gasteiger partial charge is 0.0951 e. The predicted molar refractivity (Wildman–Crippen MR) is 253 cm³/mol. The van der Waals surface area contributed by atoms with E-state index in [1.807, 2.05) is 60.6 Å². The van der Waals surface area contributed by atoms with E-state index in [-0.39, 0.29) is 23.0 Å². The van der Waals surface area contributed by atoms with Gasteiger partial charge in [-0.2, -0.15) is 0 Å². The van der Waals surface area contributed by atoms with Crippen LogP contribution in [0.25, 0.3) is 0 Å². The summed E-state index contributed by atoms with van der Waals surface area (Å²) in [7, 11) is 0. The number of hydrogen-bond donors (Lipinski definition) is 1. The third-order valence-electron chi connectivity index (χ3n) is 16.0. The molecule has 0 bridgehead atoms. The molecule has 324 valence electrons. The molecule has 1 nitrogen and oxygen atoms in total. The van der Waals surface area contributed by atoms with Gasteiger partial charge >= 0.3 is 0 Å². The van der Waals surface area contributed by atoms with Crippen LogP contribution in [0.15, 0.2) is 91.1 Å². The van der Waals surface area contributed by atoms with Gasteiger partial charge < -0.3 is 5.73 Å². The number of aryl methyl sites for hydroxylation is 1. The van der Waals surface area contributed by atoms with E-state index < -0.39 is 0 Å². The third-order valence-corrected chi connectivity index (χ3v) is 16.0. The molecule has 0 spiro atoms. The highest BCUT2D eigenvalue weighted by molar-refractivity contribution is 5.41. The Morgan fingerprint density at radius 3 is 1.93 bits per heavy atom. The minimum atomic E-state index is -0.188. The summed E-state index contributed by atoms with van der Waals surface area (Å²) in [6.45, 7) is 39.6. The Kier molecular flexibility index (Phi) is 19.6. The van der Waals surface area contributed by atoms with E-state index >= 15 is 0 Å². The van der Waals surface area contributed by atoms with Crippen LogP contribution < -0.4 is 5.73 Å². The lowest BCUT2D eigenvalue weighted by atomic mass is 9.33. The Morgan fingerprint density at radius 1 is 0.772 bits per heavy atom. The van der Waals surface area contributed by atoms with Crippen LogP contribution in [0.4, 0.5) is 4.39 Å². The number of rotatable bonds is 5. The fourth-order valence-corrected chi connectivity index (χ4v) is 13.1. The zero-order valence-corrected chi connectivity index (χ0v) is 39.9. The number of benzene rings is 1. The van der Waals surface area contributed by atoms with Gasteiger partial charge in [-0.25, -0.2) is 0 Å². The van der Waals surface area contributed by atoms with Crippen molar-refractivity contribution < 1.29 is 4.39 Å². The van der Waals surface area contributed by atoms with E-state index in [9.17, 15) is 4.39 Å². The molecule has 0 aromatic heterocycles. The molecule has 9 atom stereocenters. The molecule has 1 aromatic carbocycles. The normalized spacial score (nSPS) is 36.5. The summed E-state index contributed by atoms with van der Waals surface area (Å²) in [5, 5.41) is 0. The van der Waals surface area contributed by atoms with E-state index in [0.29, 0.717) is 16.2 Å². The van der Waals surface area contributed by atoms with Crippen molar-refractivity contribution in [2.75, 3.05) is 6.67 Å². The molecule has 6 aliphatic rings. The van der Waals surface area contributed by atoms with Crippen LogP contribution in [0.3, 0.4) is 0 Å². The Labute approximate surface area is 354 Å². The van der Waals surface area contributed by atoms with E-state index in [0.717, 1.165) is 55.8 Å². The van der Waals surface area contributed by atoms with Crippen LogP contribution >= 0.6 is 0 Å². The highest BCUT2D eigenvalue weighted by atomic mass is 19.1. The number of fused-ring (bicyclic) bond motifs is 7. The lowest BCUT2D eigenvalue weighted by Crippen LogP contribution is -2.66. The van der Waals surface area contributed by atoms with Crippen LogP contribution in [-0.4, -0.2) is 12.2 Å². The topological polar surface area (TPSA) is 26.0 Å². The lowest BCUT2D eigenvalue weighted by molar-refractivity contribution is -0.216. The largest absolute Gasteiger partial charge is 0.325 e. The van der Waals surface area contributed by atoms with Gasteiger partial charge in [-0.15, -0.1) is 19.7 Å². The number of hydrogen-bond acceptors (Lipinski definition) is 1. The second-order valence-corrected chi connectivity index (χ2v) is 20.3. The maximum absolute atomic E-state index is 13.6. The van der Waals surface area contributed by atoms with Crippen molar-refractivity contribution in [2.24, 2.45) is 56.5 Å². The summed E-state index contributed by atoms with van der Waals surface area (Å²) >= 11 is 0. The minimum absolute atomic E-state index is 0.140. The first kappa shape index (κ1) is 51.0. The van der Waals surface area contributed by atoms with Gasteiger partial charge in [-0.1, -0.05) is 136 Å². The van der Waals surface area contributed by atoms with Crippen LogP contribution in [0, 0.1) is 50.7 Å². The predicted octanol–water partition coefficient (Wildman–Crippen LogP) is 16.8. The number of allylic oxidation sites excluding steroid dienone is 7. The van der Waals surface area contributed by atoms with Crippen molar-refractivity contribution in [2.45, 2.75) is 192 Å². The fourth-order valence-electron chi connectivity index (χ4n) is 13.1. The minimum Gasteiger partial charge on any atom is -0.325 e. The maximum atomic E-state index is 13.6. The molecule has 4 saturated carbocycles. The number of halogens is 1. The van der Waals surface area contributed by atoms with Gasteiger partial charge in [0.1, 0.15) is 0 Å². The fraction of sp³-hybridized carbons (Fsp3) is 0.709. The van der Waals surface area contributed by atoms with Crippen molar-refractivity contribution in [1.82, 2.24) is 0 Å². The molecule has 1 aromatic rings. The van der Waals surface area contributed by atoms with Gasteiger partial charge in [-0.05, 0) is 178 Å². The molecular formula is C55H92FN. The third kappa shape index (κ3) is 11.0. The maximum Gasteiger partial charge on any atom is 0.0951 e. The Bertz CT molecular complexity index is 1460. The first-order valence-electron chi connectivity index (χ1n) is 23.5. The summed E-state index contributed by atoms with van der Waals surface area (Å²) in [5.41, 5.74) is 14.3. The molecule has 57 heavy (non-hydrogen) atoms. The molecule has 0 heterocycles. The summed E-state index contributed by atoms with van der Waals surface area (Å²) in [5.74, 6) is 3.15. The molecule has 2 N–H and O–H groups in total. The van der Waals surface area contributed by atoms with Crippen LogP contribution in [0.5, 0.6) is 0 Å². The van der Waals surface area contributed by atoms with Crippen LogP contribution in [-0.2, 0) is 6.42 Å². The summed E-state index contributed by atoms with van der Waals surface area (Å²) in [4.78, 5) is 0. The summed E-state index contributed by atoms with van der Waals surface area (Å²) in [6, 6.07) is 10.5. The van der Waals surface area contributed by atoms with Gasteiger partial charge in [0.2, 0.25) is 0 Å². The first-order chi connectivity index (χ1) is 26.9. The van der Waals surface area contributed by atoms with E-state index in [2.05, 4.69) is 97.7 Å². The quantitative estimate of drug-likeness (QED) is 0.296. The second-order valence-electron chi connectivity index (χ2n) is 20.3. The van der Waals surface area contributed by atoms with E-state index in [1.165, 1.54) is 75.3 Å². The van der Waals surface area contributed by atoms with Crippen LogP contribution in [0.1, 0.15) is 185 Å². The Morgan fingerprint density at radius 2 is 1.39 bits per heavy atom. The van der Waals surface area contributed by atoms with Crippen molar-refractivity contribution in [3.05, 3.63) is 96.7 Å². The first-order valence-corrected chi connectivity index (χ1v) is 23.5. The summed E-state index contributed by atoms with van der Waals surface area (Å²) in [6.07, 6.45) is 27.4. The SMILES string of the molecule is C=C(C)C.C=CC.C=CCCc1ccccc1.CC.CC.CC1(C)C(C2=CC[C@](C)(CF)CC2)=CCC2(C)C1CCC1(C)C2CCC2C3CCCC3(N)CC[C@]21C. The molecule has 7 unspecified atom stereocenters. The standard InChI is InChI=1S/C34H54FN.C10H12.C4H8.C3H6.2C2H6/c1-29(2)24(23-11-16-30(3,22-35)17-12-23)13-18-31(4)27(29)14-19-33(6)28(31)10-9-25-26-8-7-15-34(26,36)21-20-32(25,33)5;1-2-3-7-10-8-5-4-6-9-10;1-4(2)3;1-3-2;2*1-2/h11,13,25-28H,7-10,12,14-22,36H2,1-6H3;2,4-6,8-9H,1,3,7H2;1H2,2-3H3;3H,1H2,2H3;2*1-2H3/t25?,26?,27?,28?,30-,31?,32+,33?,34?;;;;;/m0...../s1. The molecule has 6 aliphatic carbocycles. The van der Waals surface area contributed by atoms with Crippen molar-refractivity contribution >= 4 is 0 Å². The molecule has 0 aliphatic heterocycles. The van der Waals surface area contributed by atoms with Gasteiger partial charge in [0.25, 0.3) is 0 Å². The Hall–Kier alpha value is -2.19. The molecule has 0 amide bonds. The Balaban J connectivity index is 0.000000444. The van der Waals surface area contributed by atoms with Gasteiger partial charge in [0.15, 0.2) is 0 Å².